The van der Waals surface area contributed by atoms with E-state index >= 15 is 0 Å². The fourth-order valence-electron chi connectivity index (χ4n) is 1.41. The van der Waals surface area contributed by atoms with Gasteiger partial charge >= 0.3 is 0 Å². The molecule has 5 heteroatoms. The Morgan fingerprint density at radius 2 is 2.17 bits per heavy atom. The van der Waals surface area contributed by atoms with Crippen LogP contribution in [0.2, 0.25) is 5.02 Å². The quantitative estimate of drug-likeness (QED) is 0.875. The zero-order valence-electron chi connectivity index (χ0n) is 9.64. The summed E-state index contributed by atoms with van der Waals surface area (Å²) in [5, 5.41) is 12.5. The SMILES string of the molecule is Cc1ccc(C(=O)Nc2ncccc2Cl)cc1O. The van der Waals surface area contributed by atoms with Crippen LogP contribution in [0.4, 0.5) is 5.82 Å². The second-order valence-electron chi connectivity index (χ2n) is 3.79. The highest BCUT2D eigenvalue weighted by Crippen LogP contribution is 2.21. The number of phenolic OH excluding ortho intramolecular Hbond substituents is 1. The maximum atomic E-state index is 11.9. The van der Waals surface area contributed by atoms with Crippen LogP contribution >= 0.6 is 11.6 Å². The molecule has 0 spiro atoms. The zero-order valence-corrected chi connectivity index (χ0v) is 10.4. The van der Waals surface area contributed by atoms with Crippen molar-refractivity contribution in [2.24, 2.45) is 0 Å². The van der Waals surface area contributed by atoms with Crippen molar-refractivity contribution in [1.82, 2.24) is 4.98 Å². The van der Waals surface area contributed by atoms with Gasteiger partial charge < -0.3 is 10.4 Å². The molecule has 0 aliphatic rings. The van der Waals surface area contributed by atoms with E-state index in [4.69, 9.17) is 11.6 Å². The molecule has 18 heavy (non-hydrogen) atoms. The lowest BCUT2D eigenvalue weighted by atomic mass is 10.1. The number of carbonyl (C=O) groups is 1. The van der Waals surface area contributed by atoms with Crippen molar-refractivity contribution in [2.45, 2.75) is 6.92 Å². The Kier molecular flexibility index (Phi) is 3.48. The molecule has 4 nitrogen and oxygen atoms in total. The third-order valence-corrected chi connectivity index (χ3v) is 2.77. The van der Waals surface area contributed by atoms with Crippen LogP contribution in [0.25, 0.3) is 0 Å². The molecule has 0 bridgehead atoms. The Morgan fingerprint density at radius 1 is 1.39 bits per heavy atom. The van der Waals surface area contributed by atoms with Crippen molar-refractivity contribution in [2.75, 3.05) is 5.32 Å². The standard InChI is InChI=1S/C13H11ClN2O2/c1-8-4-5-9(7-11(8)17)13(18)16-12-10(14)3-2-6-15-12/h2-7,17H,1H3,(H,15,16,18). The summed E-state index contributed by atoms with van der Waals surface area (Å²) < 4.78 is 0. The number of hydrogen-bond acceptors (Lipinski definition) is 3. The van der Waals surface area contributed by atoms with Gasteiger partial charge in [-0.3, -0.25) is 4.79 Å². The van der Waals surface area contributed by atoms with Crippen LogP contribution in [-0.2, 0) is 0 Å². The number of amides is 1. The predicted molar refractivity (Wildman–Crippen MR) is 70.0 cm³/mol. The maximum absolute atomic E-state index is 11.9. The summed E-state index contributed by atoms with van der Waals surface area (Å²) in [4.78, 5) is 15.9. The molecule has 1 amide bonds. The summed E-state index contributed by atoms with van der Waals surface area (Å²) in [5.41, 5.74) is 1.06. The number of aromatic nitrogens is 1. The number of rotatable bonds is 2. The fraction of sp³-hybridized carbons (Fsp3) is 0.0769. The largest absolute Gasteiger partial charge is 0.508 e. The third kappa shape index (κ3) is 2.60. The Bertz CT molecular complexity index is 599. The number of nitrogens with one attached hydrogen (secondary N) is 1. The van der Waals surface area contributed by atoms with E-state index in [-0.39, 0.29) is 11.7 Å². The maximum Gasteiger partial charge on any atom is 0.256 e. The summed E-state index contributed by atoms with van der Waals surface area (Å²) in [6.45, 7) is 1.76. The monoisotopic (exact) mass is 262 g/mol. The fourth-order valence-corrected chi connectivity index (χ4v) is 1.58. The molecule has 2 rings (SSSR count). The van der Waals surface area contributed by atoms with Gasteiger partial charge in [0.25, 0.3) is 5.91 Å². The summed E-state index contributed by atoms with van der Waals surface area (Å²) in [6, 6.07) is 8.01. The number of halogens is 1. The lowest BCUT2D eigenvalue weighted by Gasteiger charge is -2.07. The van der Waals surface area contributed by atoms with Gasteiger partial charge in [0.2, 0.25) is 0 Å². The van der Waals surface area contributed by atoms with Gasteiger partial charge in [0.05, 0.1) is 5.02 Å². The van der Waals surface area contributed by atoms with E-state index in [0.29, 0.717) is 22.0 Å². The van der Waals surface area contributed by atoms with Crippen molar-refractivity contribution in [3.05, 3.63) is 52.7 Å². The molecule has 0 fully saturated rings. The van der Waals surface area contributed by atoms with E-state index in [1.54, 1.807) is 31.2 Å². The van der Waals surface area contributed by atoms with Gasteiger partial charge in [0.15, 0.2) is 5.82 Å². The minimum Gasteiger partial charge on any atom is -0.508 e. The molecule has 0 radical (unpaired) electrons. The number of benzene rings is 1. The summed E-state index contributed by atoms with van der Waals surface area (Å²) in [5.74, 6) is 0.00454. The Balaban J connectivity index is 2.22. The van der Waals surface area contributed by atoms with E-state index in [9.17, 15) is 9.90 Å². The molecule has 2 aromatic rings. The van der Waals surface area contributed by atoms with E-state index in [0.717, 1.165) is 0 Å². The van der Waals surface area contributed by atoms with Crippen molar-refractivity contribution in [3.8, 4) is 5.75 Å². The van der Waals surface area contributed by atoms with Crippen molar-refractivity contribution in [1.29, 1.82) is 0 Å². The smallest absolute Gasteiger partial charge is 0.256 e. The molecular weight excluding hydrogens is 252 g/mol. The predicted octanol–water partition coefficient (Wildman–Crippen LogP) is 3.00. The molecule has 1 aromatic heterocycles. The van der Waals surface area contributed by atoms with Crippen LogP contribution < -0.4 is 5.32 Å². The van der Waals surface area contributed by atoms with Crippen molar-refractivity contribution >= 4 is 23.3 Å². The Morgan fingerprint density at radius 3 is 2.83 bits per heavy atom. The minimum absolute atomic E-state index is 0.0785. The first kappa shape index (κ1) is 12.4. The van der Waals surface area contributed by atoms with Gasteiger partial charge in [-0.1, -0.05) is 17.7 Å². The van der Waals surface area contributed by atoms with Gasteiger partial charge in [-0.25, -0.2) is 4.98 Å². The number of hydrogen-bond donors (Lipinski definition) is 2. The molecule has 0 atom stereocenters. The average Bonchev–Trinajstić information content (AvgIpc) is 2.35. The lowest BCUT2D eigenvalue weighted by molar-refractivity contribution is 0.102. The van der Waals surface area contributed by atoms with E-state index < -0.39 is 0 Å². The van der Waals surface area contributed by atoms with Gasteiger partial charge in [0.1, 0.15) is 5.75 Å². The van der Waals surface area contributed by atoms with Crippen molar-refractivity contribution < 1.29 is 9.90 Å². The molecule has 0 unspecified atom stereocenters. The summed E-state index contributed by atoms with van der Waals surface area (Å²) >= 11 is 5.89. The number of phenols is 1. The molecule has 1 aromatic carbocycles. The Labute approximate surface area is 109 Å². The molecule has 0 saturated heterocycles. The van der Waals surface area contributed by atoms with E-state index in [1.807, 2.05) is 0 Å². The van der Waals surface area contributed by atoms with Gasteiger partial charge in [0, 0.05) is 11.8 Å². The molecular formula is C13H11ClN2O2. The molecule has 1 heterocycles. The molecule has 2 N–H and O–H groups in total. The summed E-state index contributed by atoms with van der Waals surface area (Å²) in [6.07, 6.45) is 1.54. The average molecular weight is 263 g/mol. The summed E-state index contributed by atoms with van der Waals surface area (Å²) in [7, 11) is 0. The first-order valence-electron chi connectivity index (χ1n) is 5.29. The highest BCUT2D eigenvalue weighted by Gasteiger charge is 2.10. The van der Waals surface area contributed by atoms with Crippen LogP contribution in [0.15, 0.2) is 36.5 Å². The van der Waals surface area contributed by atoms with E-state index in [1.165, 1.54) is 12.3 Å². The van der Waals surface area contributed by atoms with Crippen molar-refractivity contribution in [3.63, 3.8) is 0 Å². The Hall–Kier alpha value is -2.07. The normalized spacial score (nSPS) is 10.1. The first-order valence-corrected chi connectivity index (χ1v) is 5.67. The second-order valence-corrected chi connectivity index (χ2v) is 4.20. The molecule has 0 saturated carbocycles. The zero-order chi connectivity index (χ0) is 13.1. The number of anilines is 1. The third-order valence-electron chi connectivity index (χ3n) is 2.46. The van der Waals surface area contributed by atoms with Crippen LogP contribution in [0.5, 0.6) is 5.75 Å². The number of aromatic hydroxyl groups is 1. The number of nitrogens with zero attached hydrogens (tertiary/aromatic N) is 1. The van der Waals surface area contributed by atoms with Crippen LogP contribution in [0, 0.1) is 6.92 Å². The molecule has 0 aliphatic carbocycles. The number of pyridine rings is 1. The molecule has 0 aliphatic heterocycles. The first-order chi connectivity index (χ1) is 8.58. The topological polar surface area (TPSA) is 62.2 Å². The molecule has 92 valence electrons. The van der Waals surface area contributed by atoms with Crippen LogP contribution in [0.1, 0.15) is 15.9 Å². The van der Waals surface area contributed by atoms with Crippen LogP contribution in [0.3, 0.4) is 0 Å². The lowest BCUT2D eigenvalue weighted by Crippen LogP contribution is -2.13. The highest BCUT2D eigenvalue weighted by molar-refractivity contribution is 6.33. The minimum atomic E-state index is -0.370. The number of aryl methyl sites for hydroxylation is 1. The second kappa shape index (κ2) is 5.06. The number of carbonyl (C=O) groups excluding carboxylic acids is 1. The van der Waals surface area contributed by atoms with E-state index in [2.05, 4.69) is 10.3 Å². The highest BCUT2D eigenvalue weighted by atomic mass is 35.5. The van der Waals surface area contributed by atoms with Gasteiger partial charge in [-0.15, -0.1) is 0 Å². The van der Waals surface area contributed by atoms with Gasteiger partial charge in [-0.05, 0) is 36.8 Å². The van der Waals surface area contributed by atoms with Gasteiger partial charge in [-0.2, -0.15) is 0 Å². The van der Waals surface area contributed by atoms with Crippen LogP contribution in [-0.4, -0.2) is 16.0 Å².